The van der Waals surface area contributed by atoms with Gasteiger partial charge in [-0.2, -0.15) is 5.26 Å². The molecular formula is C26H23Cl2N3O5S. The third kappa shape index (κ3) is 6.73. The van der Waals surface area contributed by atoms with Crippen LogP contribution in [0.5, 0.6) is 17.2 Å². The van der Waals surface area contributed by atoms with Crippen LogP contribution in [0.15, 0.2) is 60.7 Å². The predicted molar refractivity (Wildman–Crippen MR) is 142 cm³/mol. The van der Waals surface area contributed by atoms with E-state index in [0.717, 1.165) is 5.56 Å². The van der Waals surface area contributed by atoms with Crippen LogP contribution in [0.25, 0.3) is 0 Å². The molecule has 3 aromatic rings. The first-order chi connectivity index (χ1) is 17.6. The monoisotopic (exact) mass is 559 g/mol. The Balaban J connectivity index is 1.48. The maximum atomic E-state index is 12.9. The van der Waals surface area contributed by atoms with Crippen molar-refractivity contribution in [3.8, 4) is 23.3 Å². The Morgan fingerprint density at radius 1 is 1.08 bits per heavy atom. The van der Waals surface area contributed by atoms with E-state index in [-0.39, 0.29) is 53.4 Å². The lowest BCUT2D eigenvalue weighted by Crippen LogP contribution is -2.24. The minimum atomic E-state index is -3.54. The summed E-state index contributed by atoms with van der Waals surface area (Å²) in [5, 5.41) is 15.0. The number of nitrogens with zero attached hydrogens (tertiary/aromatic N) is 2. The van der Waals surface area contributed by atoms with Crippen molar-refractivity contribution < 1.29 is 22.7 Å². The third-order valence-corrected chi connectivity index (χ3v) is 7.29. The molecule has 1 saturated heterocycles. The molecule has 11 heteroatoms. The number of rotatable bonds is 9. The Hall–Kier alpha value is -3.29. The summed E-state index contributed by atoms with van der Waals surface area (Å²) in [5.41, 5.74) is 1.82. The van der Waals surface area contributed by atoms with E-state index in [1.54, 1.807) is 53.4 Å². The van der Waals surface area contributed by atoms with Crippen LogP contribution in [0.1, 0.15) is 29.9 Å². The zero-order valence-electron chi connectivity index (χ0n) is 19.6. The zero-order chi connectivity index (χ0) is 26.6. The molecular weight excluding hydrogens is 537 g/mol. The second-order valence-electron chi connectivity index (χ2n) is 8.49. The number of para-hydroxylation sites is 1. The number of hydrogen-bond acceptors (Lipinski definition) is 6. The first kappa shape index (κ1) is 26.8. The van der Waals surface area contributed by atoms with Gasteiger partial charge in [-0.15, -0.1) is 0 Å². The first-order valence-electron chi connectivity index (χ1n) is 11.3. The van der Waals surface area contributed by atoms with Crippen LogP contribution in [0.4, 0.5) is 5.69 Å². The highest BCUT2D eigenvalue weighted by molar-refractivity contribution is 7.89. The smallest absolute Gasteiger partial charge is 0.227 e. The third-order valence-electron chi connectivity index (χ3n) is 5.82. The molecule has 0 aliphatic carbocycles. The molecule has 0 saturated carbocycles. The predicted octanol–water partition coefficient (Wildman–Crippen LogP) is 5.24. The molecule has 1 fully saturated rings. The van der Waals surface area contributed by atoms with Gasteiger partial charge in [0.1, 0.15) is 17.6 Å². The van der Waals surface area contributed by atoms with Gasteiger partial charge in [0.05, 0.1) is 28.0 Å². The average Bonchev–Trinajstić information content (AvgIpc) is 3.25. The Morgan fingerprint density at radius 2 is 1.86 bits per heavy atom. The van der Waals surface area contributed by atoms with Gasteiger partial charge in [-0.05, 0) is 48.4 Å². The molecule has 1 amide bonds. The molecule has 1 atom stereocenters. The maximum absolute atomic E-state index is 12.9. The van der Waals surface area contributed by atoms with E-state index in [1.165, 1.54) is 0 Å². The molecule has 1 aliphatic rings. The van der Waals surface area contributed by atoms with Crippen LogP contribution >= 0.6 is 23.2 Å². The number of carbonyl (C=O) groups excluding carboxylic acids is 1. The number of nitriles is 1. The SMILES string of the molecule is N#Cc1cccc(Cl)c1Oc1cc([C@H]2CC(=O)N(c3cccc(OCCCS(N)(=O)=O)c3)C2)ccc1Cl. The van der Waals surface area contributed by atoms with Crippen LogP contribution in [0, 0.1) is 11.3 Å². The fourth-order valence-corrected chi connectivity index (χ4v) is 4.92. The molecule has 0 radical (unpaired) electrons. The van der Waals surface area contributed by atoms with E-state index in [1.807, 2.05) is 12.1 Å². The van der Waals surface area contributed by atoms with Crippen molar-refractivity contribution in [2.24, 2.45) is 5.14 Å². The molecule has 1 aliphatic heterocycles. The largest absolute Gasteiger partial charge is 0.493 e. The van der Waals surface area contributed by atoms with Crippen molar-refractivity contribution in [1.29, 1.82) is 5.26 Å². The van der Waals surface area contributed by atoms with Crippen LogP contribution in [-0.4, -0.2) is 33.2 Å². The molecule has 0 unspecified atom stereocenters. The number of amides is 1. The summed E-state index contributed by atoms with van der Waals surface area (Å²) in [6.07, 6.45) is 0.550. The van der Waals surface area contributed by atoms with Crippen molar-refractivity contribution in [3.63, 3.8) is 0 Å². The molecule has 8 nitrogen and oxygen atoms in total. The van der Waals surface area contributed by atoms with Crippen LogP contribution < -0.4 is 19.5 Å². The standard InChI is InChI=1S/C26H23Cl2N3O5S/c27-22-9-8-17(12-24(22)36-26-18(15-29)4-1-7-23(26)28)19-13-25(32)31(16-19)20-5-2-6-21(14-20)35-10-3-11-37(30,33)34/h1-2,4-9,12,14,19H,3,10-11,13,16H2,(H2,30,33,34)/t19-/m0/s1. The van der Waals surface area contributed by atoms with Crippen LogP contribution in [-0.2, 0) is 14.8 Å². The molecule has 2 N–H and O–H groups in total. The fourth-order valence-electron chi connectivity index (χ4n) is 4.03. The molecule has 0 spiro atoms. The van der Waals surface area contributed by atoms with Gasteiger partial charge >= 0.3 is 0 Å². The maximum Gasteiger partial charge on any atom is 0.227 e. The Kier molecular flexibility index (Phi) is 8.25. The van der Waals surface area contributed by atoms with Crippen LogP contribution in [0.2, 0.25) is 10.0 Å². The summed E-state index contributed by atoms with van der Waals surface area (Å²) < 4.78 is 33.7. The normalized spacial score (nSPS) is 15.5. The number of carbonyl (C=O) groups is 1. The number of sulfonamides is 1. The summed E-state index contributed by atoms with van der Waals surface area (Å²) in [6, 6.07) is 19.3. The second kappa shape index (κ2) is 11.4. The minimum Gasteiger partial charge on any atom is -0.493 e. The zero-order valence-corrected chi connectivity index (χ0v) is 21.9. The quantitative estimate of drug-likeness (QED) is 0.358. The van der Waals surface area contributed by atoms with E-state index in [0.29, 0.717) is 28.8 Å². The highest BCUT2D eigenvalue weighted by atomic mass is 35.5. The number of ether oxygens (including phenoxy) is 2. The Bertz CT molecular complexity index is 1470. The summed E-state index contributed by atoms with van der Waals surface area (Å²) >= 11 is 12.6. The van der Waals surface area contributed by atoms with Gasteiger partial charge in [0.2, 0.25) is 15.9 Å². The molecule has 4 rings (SSSR count). The summed E-state index contributed by atoms with van der Waals surface area (Å²) in [5.74, 6) is 0.749. The van der Waals surface area contributed by atoms with Gasteiger partial charge < -0.3 is 14.4 Å². The van der Waals surface area contributed by atoms with Gasteiger partial charge in [-0.25, -0.2) is 13.6 Å². The lowest BCUT2D eigenvalue weighted by Gasteiger charge is -2.18. The number of nitrogens with two attached hydrogens (primary N) is 1. The van der Waals surface area contributed by atoms with E-state index < -0.39 is 10.0 Å². The van der Waals surface area contributed by atoms with Crippen molar-refractivity contribution in [2.75, 3.05) is 23.8 Å². The van der Waals surface area contributed by atoms with Gasteiger partial charge in [-0.1, -0.05) is 41.4 Å². The van der Waals surface area contributed by atoms with Crippen molar-refractivity contribution in [1.82, 2.24) is 0 Å². The lowest BCUT2D eigenvalue weighted by atomic mass is 9.98. The lowest BCUT2D eigenvalue weighted by molar-refractivity contribution is -0.117. The number of hydrogen-bond donors (Lipinski definition) is 1. The minimum absolute atomic E-state index is 0.0494. The number of halogens is 2. The van der Waals surface area contributed by atoms with Gasteiger partial charge in [0, 0.05) is 30.6 Å². The van der Waals surface area contributed by atoms with Crippen LogP contribution in [0.3, 0.4) is 0 Å². The van der Waals surface area contributed by atoms with Crippen molar-refractivity contribution in [3.05, 3.63) is 81.8 Å². The Morgan fingerprint density at radius 3 is 2.62 bits per heavy atom. The van der Waals surface area contributed by atoms with Gasteiger partial charge in [0.15, 0.2) is 5.75 Å². The molecule has 37 heavy (non-hydrogen) atoms. The van der Waals surface area contributed by atoms with Crippen molar-refractivity contribution >= 4 is 44.8 Å². The molecule has 192 valence electrons. The highest BCUT2D eigenvalue weighted by Gasteiger charge is 2.32. The van der Waals surface area contributed by atoms with Gasteiger partial charge in [-0.3, -0.25) is 4.79 Å². The van der Waals surface area contributed by atoms with Gasteiger partial charge in [0.25, 0.3) is 0 Å². The number of benzene rings is 3. The Labute approximate surface area is 225 Å². The first-order valence-corrected chi connectivity index (χ1v) is 13.8. The summed E-state index contributed by atoms with van der Waals surface area (Å²) in [4.78, 5) is 14.6. The van der Waals surface area contributed by atoms with E-state index >= 15 is 0 Å². The second-order valence-corrected chi connectivity index (χ2v) is 11.0. The summed E-state index contributed by atoms with van der Waals surface area (Å²) in [6.45, 7) is 0.618. The highest BCUT2D eigenvalue weighted by Crippen LogP contribution is 2.40. The molecule has 0 aromatic heterocycles. The number of anilines is 1. The van der Waals surface area contributed by atoms with E-state index in [2.05, 4.69) is 6.07 Å². The summed E-state index contributed by atoms with van der Waals surface area (Å²) in [7, 11) is -3.54. The van der Waals surface area contributed by atoms with Crippen molar-refractivity contribution in [2.45, 2.75) is 18.8 Å². The van der Waals surface area contributed by atoms with E-state index in [9.17, 15) is 18.5 Å². The molecule has 3 aromatic carbocycles. The topological polar surface area (TPSA) is 123 Å². The average molecular weight is 560 g/mol. The fraction of sp³-hybridized carbons (Fsp3) is 0.231. The molecule has 1 heterocycles. The molecule has 0 bridgehead atoms. The number of primary sulfonamides is 1. The van der Waals surface area contributed by atoms with E-state index in [4.69, 9.17) is 37.8 Å².